The van der Waals surface area contributed by atoms with Gasteiger partial charge in [-0.1, -0.05) is 22.0 Å². The summed E-state index contributed by atoms with van der Waals surface area (Å²) in [7, 11) is 0. The Kier molecular flexibility index (Phi) is 3.15. The second-order valence-electron chi connectivity index (χ2n) is 5.78. The third kappa shape index (κ3) is 1.88. The number of halogens is 1. The number of fused-ring (bicyclic) bond motifs is 2. The molecule has 2 nitrogen and oxygen atoms in total. The van der Waals surface area contributed by atoms with Gasteiger partial charge < -0.3 is 9.64 Å². The summed E-state index contributed by atoms with van der Waals surface area (Å²) in [5.74, 6) is 0. The van der Waals surface area contributed by atoms with Gasteiger partial charge >= 0.3 is 0 Å². The lowest BCUT2D eigenvalue weighted by molar-refractivity contribution is 0.0550. The predicted molar refractivity (Wildman–Crippen MR) is 78.4 cm³/mol. The Balaban J connectivity index is 2.07. The largest absolute Gasteiger partial charge is 0.381 e. The molecule has 1 fully saturated rings. The zero-order valence-electron chi connectivity index (χ0n) is 11.1. The topological polar surface area (TPSA) is 12.5 Å². The van der Waals surface area contributed by atoms with Crippen LogP contribution in [0.3, 0.4) is 0 Å². The number of rotatable bonds is 1. The third-order valence-corrected chi connectivity index (χ3v) is 4.88. The van der Waals surface area contributed by atoms with Crippen molar-refractivity contribution in [1.82, 2.24) is 0 Å². The number of anilines is 1. The van der Waals surface area contributed by atoms with Crippen molar-refractivity contribution < 1.29 is 4.74 Å². The van der Waals surface area contributed by atoms with Gasteiger partial charge in [0.2, 0.25) is 0 Å². The molecule has 3 heteroatoms. The molecule has 0 aromatic heterocycles. The Bertz CT molecular complexity index is 452. The first kappa shape index (κ1) is 12.5. The summed E-state index contributed by atoms with van der Waals surface area (Å²) in [5.41, 5.74) is 3.28. The van der Waals surface area contributed by atoms with E-state index in [0.717, 1.165) is 32.6 Å². The Morgan fingerprint density at radius 2 is 2.00 bits per heavy atom. The predicted octanol–water partition coefficient (Wildman–Crippen LogP) is 3.73. The van der Waals surface area contributed by atoms with E-state index in [4.69, 9.17) is 4.74 Å². The van der Waals surface area contributed by atoms with Crippen LogP contribution in [0.25, 0.3) is 0 Å². The molecular weight excluding hydrogens is 290 g/mol. The summed E-state index contributed by atoms with van der Waals surface area (Å²) in [6, 6.07) is 7.33. The molecule has 0 bridgehead atoms. The SMILES string of the molecule is CC(C)N1CC2(CCOCC2)c2ccc(Br)cc21. The minimum atomic E-state index is 0.332. The second kappa shape index (κ2) is 4.53. The average molecular weight is 310 g/mol. The normalized spacial score (nSPS) is 21.7. The first-order chi connectivity index (χ1) is 8.62. The van der Waals surface area contributed by atoms with Crippen LogP contribution in [0.4, 0.5) is 5.69 Å². The van der Waals surface area contributed by atoms with E-state index in [1.54, 1.807) is 0 Å². The van der Waals surface area contributed by atoms with Crippen molar-refractivity contribution in [3.63, 3.8) is 0 Å². The van der Waals surface area contributed by atoms with Crippen LogP contribution in [0.5, 0.6) is 0 Å². The molecule has 1 aromatic carbocycles. The molecule has 2 heterocycles. The van der Waals surface area contributed by atoms with Crippen LogP contribution in [0, 0.1) is 0 Å². The summed E-state index contributed by atoms with van der Waals surface area (Å²) in [4.78, 5) is 2.55. The Morgan fingerprint density at radius 3 is 2.67 bits per heavy atom. The highest BCUT2D eigenvalue weighted by Crippen LogP contribution is 2.48. The van der Waals surface area contributed by atoms with Gasteiger partial charge in [0.25, 0.3) is 0 Å². The van der Waals surface area contributed by atoms with Gasteiger partial charge in [0.1, 0.15) is 0 Å². The maximum absolute atomic E-state index is 5.56. The molecule has 0 atom stereocenters. The first-order valence-electron chi connectivity index (χ1n) is 6.77. The standard InChI is InChI=1S/C15H20BrNO/c1-11(2)17-10-15(5-7-18-8-6-15)13-4-3-12(16)9-14(13)17/h3-4,9,11H,5-8,10H2,1-2H3. The second-order valence-corrected chi connectivity index (χ2v) is 6.69. The zero-order valence-corrected chi connectivity index (χ0v) is 12.7. The maximum Gasteiger partial charge on any atom is 0.0475 e. The zero-order chi connectivity index (χ0) is 12.8. The Hall–Kier alpha value is -0.540. The fourth-order valence-electron chi connectivity index (χ4n) is 3.34. The number of benzene rings is 1. The monoisotopic (exact) mass is 309 g/mol. The van der Waals surface area contributed by atoms with Crippen LogP contribution < -0.4 is 4.90 Å². The lowest BCUT2D eigenvalue weighted by Gasteiger charge is -2.35. The minimum absolute atomic E-state index is 0.332. The van der Waals surface area contributed by atoms with E-state index in [1.807, 2.05) is 0 Å². The van der Waals surface area contributed by atoms with Crippen molar-refractivity contribution in [2.24, 2.45) is 0 Å². The Labute approximate surface area is 117 Å². The van der Waals surface area contributed by atoms with Crippen molar-refractivity contribution in [2.45, 2.75) is 38.1 Å². The molecule has 3 rings (SSSR count). The van der Waals surface area contributed by atoms with Gasteiger partial charge in [-0.2, -0.15) is 0 Å². The van der Waals surface area contributed by atoms with Crippen molar-refractivity contribution >= 4 is 21.6 Å². The van der Waals surface area contributed by atoms with Gasteiger partial charge in [0, 0.05) is 41.4 Å². The third-order valence-electron chi connectivity index (χ3n) is 4.39. The molecule has 1 aromatic rings. The highest BCUT2D eigenvalue weighted by Gasteiger charge is 2.44. The number of hydrogen-bond acceptors (Lipinski definition) is 2. The molecule has 0 amide bonds. The molecule has 0 saturated carbocycles. The number of ether oxygens (including phenoxy) is 1. The molecule has 1 saturated heterocycles. The van der Waals surface area contributed by atoms with Gasteiger partial charge in [0.15, 0.2) is 0 Å². The maximum atomic E-state index is 5.56. The molecule has 2 aliphatic rings. The van der Waals surface area contributed by atoms with Gasteiger partial charge in [-0.05, 0) is 44.4 Å². The summed E-state index contributed by atoms with van der Waals surface area (Å²) < 4.78 is 6.74. The van der Waals surface area contributed by atoms with E-state index >= 15 is 0 Å². The van der Waals surface area contributed by atoms with Crippen molar-refractivity contribution in [3.05, 3.63) is 28.2 Å². The lowest BCUT2D eigenvalue weighted by atomic mass is 9.76. The van der Waals surface area contributed by atoms with Crippen molar-refractivity contribution in [3.8, 4) is 0 Å². The van der Waals surface area contributed by atoms with E-state index in [0.29, 0.717) is 11.5 Å². The van der Waals surface area contributed by atoms with Gasteiger partial charge in [-0.25, -0.2) is 0 Å². The quantitative estimate of drug-likeness (QED) is 0.784. The summed E-state index contributed by atoms with van der Waals surface area (Å²) in [5, 5.41) is 0. The van der Waals surface area contributed by atoms with E-state index in [9.17, 15) is 0 Å². The molecule has 0 unspecified atom stereocenters. The van der Waals surface area contributed by atoms with Crippen LogP contribution >= 0.6 is 15.9 Å². The molecule has 1 spiro atoms. The molecule has 0 radical (unpaired) electrons. The average Bonchev–Trinajstić information content (AvgIpc) is 2.65. The fraction of sp³-hybridized carbons (Fsp3) is 0.600. The van der Waals surface area contributed by atoms with Crippen LogP contribution in [-0.4, -0.2) is 25.8 Å². The summed E-state index contributed by atoms with van der Waals surface area (Å²) in [6.07, 6.45) is 2.32. The number of hydrogen-bond donors (Lipinski definition) is 0. The lowest BCUT2D eigenvalue weighted by Crippen LogP contribution is -2.40. The van der Waals surface area contributed by atoms with E-state index in [-0.39, 0.29) is 0 Å². The van der Waals surface area contributed by atoms with Gasteiger partial charge in [-0.3, -0.25) is 0 Å². The van der Waals surface area contributed by atoms with Gasteiger partial charge in [-0.15, -0.1) is 0 Å². The van der Waals surface area contributed by atoms with Crippen LogP contribution in [0.15, 0.2) is 22.7 Å². The summed E-state index contributed by atoms with van der Waals surface area (Å²) >= 11 is 3.60. The fourth-order valence-corrected chi connectivity index (χ4v) is 3.69. The van der Waals surface area contributed by atoms with Crippen molar-refractivity contribution in [1.29, 1.82) is 0 Å². The smallest absolute Gasteiger partial charge is 0.0475 e. The van der Waals surface area contributed by atoms with Crippen LogP contribution in [0.2, 0.25) is 0 Å². The molecule has 0 aliphatic carbocycles. The van der Waals surface area contributed by atoms with Crippen LogP contribution in [0.1, 0.15) is 32.3 Å². The first-order valence-corrected chi connectivity index (χ1v) is 7.56. The van der Waals surface area contributed by atoms with E-state index < -0.39 is 0 Å². The van der Waals surface area contributed by atoms with E-state index in [2.05, 4.69) is 52.9 Å². The van der Waals surface area contributed by atoms with Crippen molar-refractivity contribution in [2.75, 3.05) is 24.7 Å². The molecule has 2 aliphatic heterocycles. The molecule has 98 valence electrons. The number of nitrogens with zero attached hydrogens (tertiary/aromatic N) is 1. The Morgan fingerprint density at radius 1 is 1.28 bits per heavy atom. The van der Waals surface area contributed by atoms with Crippen LogP contribution in [-0.2, 0) is 10.2 Å². The van der Waals surface area contributed by atoms with E-state index in [1.165, 1.54) is 15.7 Å². The minimum Gasteiger partial charge on any atom is -0.381 e. The molecule has 18 heavy (non-hydrogen) atoms. The molecular formula is C15H20BrNO. The highest BCUT2D eigenvalue weighted by atomic mass is 79.9. The summed E-state index contributed by atoms with van der Waals surface area (Å²) in [6.45, 7) is 7.52. The molecule has 0 N–H and O–H groups in total. The van der Waals surface area contributed by atoms with Gasteiger partial charge in [0.05, 0.1) is 0 Å². The highest BCUT2D eigenvalue weighted by molar-refractivity contribution is 9.10.